The van der Waals surface area contributed by atoms with Crippen molar-refractivity contribution in [3.05, 3.63) is 104 Å². The summed E-state index contributed by atoms with van der Waals surface area (Å²) >= 11 is 1.38. The first-order valence-corrected chi connectivity index (χ1v) is 14.8. The predicted molar refractivity (Wildman–Crippen MR) is 174 cm³/mol. The lowest BCUT2D eigenvalue weighted by atomic mass is 10.1. The third-order valence-electron chi connectivity index (χ3n) is 7.62. The van der Waals surface area contributed by atoms with E-state index in [0.717, 1.165) is 44.8 Å². The Kier molecular flexibility index (Phi) is 7.71. The average Bonchev–Trinajstić information content (AvgIpc) is 3.66. The Hall–Kier alpha value is -5.29. The molecule has 44 heavy (non-hydrogen) atoms. The van der Waals surface area contributed by atoms with Gasteiger partial charge in [-0.1, -0.05) is 36.4 Å². The van der Waals surface area contributed by atoms with E-state index in [-0.39, 0.29) is 5.56 Å². The van der Waals surface area contributed by atoms with Crippen molar-refractivity contribution in [3.8, 4) is 34.2 Å². The second-order valence-electron chi connectivity index (χ2n) is 10.1. The number of rotatable bonds is 8. The maximum atomic E-state index is 13.7. The number of H-pyrrole nitrogens is 1. The maximum Gasteiger partial charge on any atom is 0.297 e. The summed E-state index contributed by atoms with van der Waals surface area (Å²) in [5, 5.41) is 7.96. The van der Waals surface area contributed by atoms with Gasteiger partial charge in [-0.25, -0.2) is 14.4 Å². The summed E-state index contributed by atoms with van der Waals surface area (Å²) in [5.74, 6) is 1.52. The first-order valence-electron chi connectivity index (χ1n) is 13.9. The highest BCUT2D eigenvalue weighted by Gasteiger charge is 2.19. The molecule has 0 aliphatic heterocycles. The Morgan fingerprint density at radius 1 is 0.909 bits per heavy atom. The van der Waals surface area contributed by atoms with Crippen LogP contribution in [0.15, 0.2) is 87.0 Å². The molecule has 0 atom stereocenters. The van der Waals surface area contributed by atoms with Gasteiger partial charge < -0.3 is 19.2 Å². The highest BCUT2D eigenvalue weighted by molar-refractivity contribution is 7.07. The number of thiazole rings is 1. The van der Waals surface area contributed by atoms with E-state index in [1.54, 1.807) is 30.7 Å². The SMILES string of the molecule is COc1cc(-c2csc(=Nc3c(C)n(C)n(-c4ccccc4)c3=O)n2N=Cc2c(C)[nH]c3ccccc23)cc(OC)c1OC. The molecule has 0 saturated heterocycles. The number of benzene rings is 3. The number of methoxy groups -OCH3 is 3. The molecule has 10 nitrogen and oxygen atoms in total. The molecule has 0 fully saturated rings. The number of nitrogens with zero attached hydrogens (tertiary/aromatic N) is 5. The molecule has 0 spiro atoms. The second-order valence-corrected chi connectivity index (χ2v) is 10.9. The molecule has 11 heteroatoms. The van der Waals surface area contributed by atoms with Crippen LogP contribution >= 0.6 is 11.3 Å². The van der Waals surface area contributed by atoms with Crippen LogP contribution in [0.5, 0.6) is 17.2 Å². The van der Waals surface area contributed by atoms with Crippen molar-refractivity contribution in [2.24, 2.45) is 17.1 Å². The summed E-state index contributed by atoms with van der Waals surface area (Å²) in [6.07, 6.45) is 1.82. The maximum absolute atomic E-state index is 13.7. The largest absolute Gasteiger partial charge is 0.493 e. The quantitative estimate of drug-likeness (QED) is 0.216. The molecule has 3 aromatic carbocycles. The lowest BCUT2D eigenvalue weighted by Gasteiger charge is -2.14. The smallest absolute Gasteiger partial charge is 0.297 e. The van der Waals surface area contributed by atoms with E-state index in [1.165, 1.54) is 11.3 Å². The molecule has 6 aromatic rings. The summed E-state index contributed by atoms with van der Waals surface area (Å²) in [6.45, 7) is 3.90. The minimum absolute atomic E-state index is 0.220. The number of para-hydroxylation sites is 2. The Balaban J connectivity index is 1.59. The molecule has 1 N–H and O–H groups in total. The van der Waals surface area contributed by atoms with E-state index in [2.05, 4.69) is 11.1 Å². The fourth-order valence-corrected chi connectivity index (χ4v) is 6.12. The van der Waals surface area contributed by atoms with Crippen LogP contribution in [0.1, 0.15) is 17.0 Å². The van der Waals surface area contributed by atoms with E-state index < -0.39 is 0 Å². The number of fused-ring (bicyclic) bond motifs is 1. The van der Waals surface area contributed by atoms with Crippen LogP contribution in [0.2, 0.25) is 0 Å². The fourth-order valence-electron chi connectivity index (χ4n) is 5.27. The van der Waals surface area contributed by atoms with Gasteiger partial charge in [0.1, 0.15) is 0 Å². The lowest BCUT2D eigenvalue weighted by molar-refractivity contribution is 0.324. The van der Waals surface area contributed by atoms with Crippen molar-refractivity contribution in [1.29, 1.82) is 0 Å². The zero-order chi connectivity index (χ0) is 31.0. The Morgan fingerprint density at radius 3 is 2.27 bits per heavy atom. The molecule has 224 valence electrons. The van der Waals surface area contributed by atoms with Gasteiger partial charge >= 0.3 is 0 Å². The van der Waals surface area contributed by atoms with Crippen LogP contribution in [-0.4, -0.2) is 46.6 Å². The highest BCUT2D eigenvalue weighted by Crippen LogP contribution is 2.41. The molecular formula is C33H32N6O4S. The van der Waals surface area contributed by atoms with Crippen LogP contribution in [0.25, 0.3) is 27.8 Å². The molecule has 0 bridgehead atoms. The predicted octanol–water partition coefficient (Wildman–Crippen LogP) is 5.94. The average molecular weight is 609 g/mol. The summed E-state index contributed by atoms with van der Waals surface area (Å²) in [5.41, 5.74) is 6.09. The van der Waals surface area contributed by atoms with Gasteiger partial charge in [-0.3, -0.25) is 9.48 Å². The Labute approximate surface area is 257 Å². The van der Waals surface area contributed by atoms with Gasteiger partial charge in [-0.2, -0.15) is 5.10 Å². The van der Waals surface area contributed by atoms with Gasteiger partial charge in [0, 0.05) is 40.2 Å². The molecule has 0 aliphatic carbocycles. The van der Waals surface area contributed by atoms with Gasteiger partial charge in [0.25, 0.3) is 5.56 Å². The number of ether oxygens (including phenoxy) is 3. The first-order chi connectivity index (χ1) is 21.4. The van der Waals surface area contributed by atoms with Gasteiger partial charge in [-0.05, 0) is 44.2 Å². The zero-order valence-electron chi connectivity index (χ0n) is 25.3. The van der Waals surface area contributed by atoms with Crippen molar-refractivity contribution in [3.63, 3.8) is 0 Å². The van der Waals surface area contributed by atoms with Crippen molar-refractivity contribution >= 4 is 34.1 Å². The molecule has 6 rings (SSSR count). The van der Waals surface area contributed by atoms with E-state index in [9.17, 15) is 4.79 Å². The number of aromatic amines is 1. The third kappa shape index (κ3) is 4.90. The number of aryl methyl sites for hydroxylation is 1. The molecule has 3 aromatic heterocycles. The number of aromatic nitrogens is 4. The number of hydrogen-bond donors (Lipinski definition) is 1. The van der Waals surface area contributed by atoms with Gasteiger partial charge in [-0.15, -0.1) is 11.3 Å². The fraction of sp³-hybridized carbons (Fsp3) is 0.182. The van der Waals surface area contributed by atoms with E-state index >= 15 is 0 Å². The normalized spacial score (nSPS) is 12.0. The third-order valence-corrected chi connectivity index (χ3v) is 8.44. The van der Waals surface area contributed by atoms with Crippen molar-refractivity contribution < 1.29 is 14.2 Å². The van der Waals surface area contributed by atoms with Gasteiger partial charge in [0.05, 0.1) is 44.6 Å². The highest BCUT2D eigenvalue weighted by atomic mass is 32.1. The topological polar surface area (TPSA) is 100 Å². The van der Waals surface area contributed by atoms with Crippen LogP contribution < -0.4 is 24.6 Å². The Bertz CT molecular complexity index is 2120. The molecule has 0 saturated carbocycles. The van der Waals surface area contributed by atoms with E-state index in [0.29, 0.717) is 27.7 Å². The zero-order valence-corrected chi connectivity index (χ0v) is 26.1. The van der Waals surface area contributed by atoms with Crippen LogP contribution in [0.4, 0.5) is 5.69 Å². The summed E-state index contributed by atoms with van der Waals surface area (Å²) < 4.78 is 22.0. The van der Waals surface area contributed by atoms with Crippen LogP contribution in [0.3, 0.4) is 0 Å². The number of nitrogens with one attached hydrogen (secondary N) is 1. The molecule has 0 radical (unpaired) electrons. The Morgan fingerprint density at radius 2 is 1.59 bits per heavy atom. The van der Waals surface area contributed by atoms with Crippen molar-refractivity contribution in [2.45, 2.75) is 13.8 Å². The summed E-state index contributed by atoms with van der Waals surface area (Å²) in [7, 11) is 6.58. The molecule has 0 unspecified atom stereocenters. The van der Waals surface area contributed by atoms with Crippen LogP contribution in [0, 0.1) is 13.8 Å². The van der Waals surface area contributed by atoms with E-state index in [1.807, 2.05) is 97.8 Å². The van der Waals surface area contributed by atoms with Crippen molar-refractivity contribution in [1.82, 2.24) is 19.0 Å². The minimum Gasteiger partial charge on any atom is -0.493 e. The van der Waals surface area contributed by atoms with Crippen LogP contribution in [-0.2, 0) is 7.05 Å². The molecule has 0 amide bonds. The second kappa shape index (κ2) is 11.8. The first kappa shape index (κ1) is 28.8. The summed E-state index contributed by atoms with van der Waals surface area (Å²) in [4.78, 5) is 22.6. The van der Waals surface area contributed by atoms with Gasteiger partial charge in [0.2, 0.25) is 10.6 Å². The molecular weight excluding hydrogens is 576 g/mol. The lowest BCUT2D eigenvalue weighted by Crippen LogP contribution is -2.19. The van der Waals surface area contributed by atoms with E-state index in [4.69, 9.17) is 24.3 Å². The molecule has 0 aliphatic rings. The monoisotopic (exact) mass is 608 g/mol. The number of hydrogen-bond acceptors (Lipinski definition) is 7. The summed E-state index contributed by atoms with van der Waals surface area (Å²) in [6, 6.07) is 21.3. The van der Waals surface area contributed by atoms with Crippen molar-refractivity contribution in [2.75, 3.05) is 21.3 Å². The minimum atomic E-state index is -0.220. The standard InChI is InChI=1S/C33H32N6O4S/c1-20-25(24-14-10-11-15-26(24)35-20)18-34-38-27(22-16-28(41-4)31(43-6)29(17-22)42-5)19-44-33(38)36-30-21(2)37(3)39(32(30)40)23-12-8-7-9-13-23/h7-19,35H,1-6H3. The van der Waals surface area contributed by atoms with Gasteiger partial charge in [0.15, 0.2) is 17.2 Å². The molecule has 3 heterocycles.